The van der Waals surface area contributed by atoms with Crippen LogP contribution in [0, 0.1) is 17.7 Å². The van der Waals surface area contributed by atoms with Gasteiger partial charge in [0, 0.05) is 12.0 Å². The van der Waals surface area contributed by atoms with Crippen LogP contribution in [-0.2, 0) is 36.8 Å². The number of nitrogens with zero attached hydrogens (tertiary/aromatic N) is 3. The van der Waals surface area contributed by atoms with Crippen LogP contribution in [0.15, 0.2) is 83.7 Å². The summed E-state index contributed by atoms with van der Waals surface area (Å²) in [6, 6.07) is 22.8. The van der Waals surface area contributed by atoms with E-state index in [1.807, 2.05) is 42.5 Å². The third-order valence-electron chi connectivity index (χ3n) is 6.62. The van der Waals surface area contributed by atoms with Crippen LogP contribution in [0.2, 0.25) is 0 Å². The van der Waals surface area contributed by atoms with E-state index in [0.717, 1.165) is 11.1 Å². The highest BCUT2D eigenvalue weighted by molar-refractivity contribution is 6.04. The lowest BCUT2D eigenvalue weighted by atomic mass is 9.98. The second-order valence-electron chi connectivity index (χ2n) is 11.2. The molecule has 0 spiro atoms. The predicted octanol–water partition coefficient (Wildman–Crippen LogP) is 4.61. The van der Waals surface area contributed by atoms with Gasteiger partial charge < -0.3 is 14.2 Å². The number of rotatable bonds is 10. The van der Waals surface area contributed by atoms with Gasteiger partial charge in [-0.3, -0.25) is 20.3 Å². The number of amidine groups is 1. The summed E-state index contributed by atoms with van der Waals surface area (Å²) >= 11 is 0. The molecule has 12 nitrogen and oxygen atoms in total. The Balaban J connectivity index is 1.33. The number of carbonyl (C=O) groups is 3. The molecule has 0 saturated heterocycles. The van der Waals surface area contributed by atoms with Gasteiger partial charge >= 0.3 is 23.7 Å². The maximum atomic E-state index is 13.3. The van der Waals surface area contributed by atoms with Crippen molar-refractivity contribution < 1.29 is 28.6 Å². The van der Waals surface area contributed by atoms with E-state index in [4.69, 9.17) is 19.6 Å². The lowest BCUT2D eigenvalue weighted by molar-refractivity contribution is -0.173. The maximum Gasteiger partial charge on any atom is 0.413 e. The Morgan fingerprint density at radius 2 is 1.49 bits per heavy atom. The van der Waals surface area contributed by atoms with E-state index in [1.54, 1.807) is 64.1 Å². The van der Waals surface area contributed by atoms with E-state index in [-0.39, 0.29) is 24.6 Å². The summed E-state index contributed by atoms with van der Waals surface area (Å²) < 4.78 is 17.8. The molecule has 1 amide bonds. The van der Waals surface area contributed by atoms with E-state index in [9.17, 15) is 19.2 Å². The molecule has 0 aliphatic heterocycles. The van der Waals surface area contributed by atoms with E-state index in [2.05, 4.69) is 10.4 Å². The number of nitrogens with one attached hydrogen (secondary N) is 2. The number of benzene rings is 3. The molecule has 45 heavy (non-hydrogen) atoms. The third-order valence-corrected chi connectivity index (χ3v) is 6.62. The minimum absolute atomic E-state index is 0.0824. The minimum Gasteiger partial charge on any atom is -0.444 e. The van der Waals surface area contributed by atoms with Crippen molar-refractivity contribution in [3.63, 3.8) is 0 Å². The second-order valence-corrected chi connectivity index (χ2v) is 11.2. The number of carbonyl (C=O) groups excluding carboxylic acids is 3. The van der Waals surface area contributed by atoms with Gasteiger partial charge in [0.2, 0.25) is 6.79 Å². The lowest BCUT2D eigenvalue weighted by Crippen LogP contribution is -2.31. The summed E-state index contributed by atoms with van der Waals surface area (Å²) in [6.45, 7) is 6.50. The van der Waals surface area contributed by atoms with Crippen LogP contribution in [0.4, 0.5) is 4.79 Å². The van der Waals surface area contributed by atoms with Crippen molar-refractivity contribution >= 4 is 23.9 Å². The van der Waals surface area contributed by atoms with Gasteiger partial charge in [0.25, 0.3) is 0 Å². The van der Waals surface area contributed by atoms with Gasteiger partial charge in [-0.2, -0.15) is 4.68 Å². The third kappa shape index (κ3) is 8.75. The number of hydrogen-bond acceptors (Lipinski definition) is 9. The Morgan fingerprint density at radius 3 is 2.13 bits per heavy atom. The van der Waals surface area contributed by atoms with E-state index in [1.165, 1.54) is 9.25 Å². The highest BCUT2D eigenvalue weighted by atomic mass is 16.7. The van der Waals surface area contributed by atoms with Gasteiger partial charge in [0.05, 0.1) is 16.8 Å². The normalized spacial score (nSPS) is 11.0. The van der Waals surface area contributed by atoms with Gasteiger partial charge in [-0.1, -0.05) is 42.5 Å². The average Bonchev–Trinajstić information content (AvgIpc) is 3.32. The highest BCUT2D eigenvalue weighted by Gasteiger charge is 2.23. The summed E-state index contributed by atoms with van der Waals surface area (Å²) in [5, 5.41) is 15.0. The highest BCUT2D eigenvalue weighted by Crippen LogP contribution is 2.16. The molecule has 1 aromatic heterocycles. The zero-order chi connectivity index (χ0) is 32.6. The number of esters is 2. The molecule has 4 aromatic rings. The molecule has 0 saturated carbocycles. The smallest absolute Gasteiger partial charge is 0.413 e. The second kappa shape index (κ2) is 14.3. The summed E-state index contributed by atoms with van der Waals surface area (Å²) in [7, 11) is 0. The van der Waals surface area contributed by atoms with Crippen LogP contribution in [0.5, 0.6) is 0 Å². The van der Waals surface area contributed by atoms with Crippen molar-refractivity contribution in [1.29, 1.82) is 5.41 Å². The molecule has 1 heterocycles. The fourth-order valence-electron chi connectivity index (χ4n) is 4.13. The van der Waals surface area contributed by atoms with Crippen LogP contribution in [0.25, 0.3) is 11.4 Å². The van der Waals surface area contributed by atoms with Crippen LogP contribution < -0.4 is 11.0 Å². The van der Waals surface area contributed by atoms with E-state index in [0.29, 0.717) is 29.2 Å². The quantitative estimate of drug-likeness (QED) is 0.114. The molecule has 0 atom stereocenters. The molecular formula is C33H35N5O7. The van der Waals surface area contributed by atoms with E-state index < -0.39 is 30.2 Å². The monoisotopic (exact) mass is 613 g/mol. The lowest BCUT2D eigenvalue weighted by Gasteiger charge is -2.16. The zero-order valence-corrected chi connectivity index (χ0v) is 25.5. The zero-order valence-electron chi connectivity index (χ0n) is 25.5. The molecule has 0 radical (unpaired) electrons. The number of amides is 1. The topological polar surface area (TPSA) is 155 Å². The van der Waals surface area contributed by atoms with Crippen molar-refractivity contribution in [2.75, 3.05) is 6.79 Å². The van der Waals surface area contributed by atoms with Crippen molar-refractivity contribution in [2.24, 2.45) is 5.41 Å². The molecule has 0 aliphatic rings. The molecular weight excluding hydrogens is 578 g/mol. The number of ether oxygens (including phenoxy) is 3. The van der Waals surface area contributed by atoms with Crippen molar-refractivity contribution in [2.45, 2.75) is 47.1 Å². The number of aromatic nitrogens is 3. The standard InChI is InChI=1S/C33H35N5O7/c1-22-36-38(27-17-13-25(14-18-27)29(34)35-31(41)43-20-24-8-6-5-7-9-24)32(42)37(22)26-15-10-23(11-16-26)12-19-28(39)44-21-45-30(40)33(2,3)4/h5-11,13-18H,12,19-21H2,1-4H3,(H2,34,35,41). The van der Waals surface area contributed by atoms with Gasteiger partial charge in [-0.25, -0.2) is 14.2 Å². The van der Waals surface area contributed by atoms with Crippen molar-refractivity contribution in [3.05, 3.63) is 112 Å². The Labute approximate surface area is 260 Å². The van der Waals surface area contributed by atoms with E-state index >= 15 is 0 Å². The van der Waals surface area contributed by atoms with Gasteiger partial charge in [0.1, 0.15) is 18.3 Å². The van der Waals surface area contributed by atoms with Crippen molar-refractivity contribution in [3.8, 4) is 11.4 Å². The van der Waals surface area contributed by atoms with Crippen LogP contribution in [-0.4, -0.2) is 45.0 Å². The minimum atomic E-state index is -0.747. The SMILES string of the molecule is Cc1nn(-c2ccc(C(=N)NC(=O)OCc3ccccc3)cc2)c(=O)n1-c1ccc(CCC(=O)OCOC(=O)C(C)(C)C)cc1. The predicted molar refractivity (Wildman–Crippen MR) is 165 cm³/mol. The number of aryl methyl sites for hydroxylation is 2. The summed E-state index contributed by atoms with van der Waals surface area (Å²) in [5.41, 5.74) is 2.12. The fourth-order valence-corrected chi connectivity index (χ4v) is 4.13. The molecule has 4 rings (SSSR count). The average molecular weight is 614 g/mol. The number of alkyl carbamates (subject to hydrolysis) is 1. The molecule has 0 unspecified atom stereocenters. The Hall–Kier alpha value is -5.52. The van der Waals surface area contributed by atoms with Gasteiger partial charge in [-0.05, 0) is 81.6 Å². The van der Waals surface area contributed by atoms with Gasteiger partial charge in [-0.15, -0.1) is 5.10 Å². The largest absolute Gasteiger partial charge is 0.444 e. The first-order valence-electron chi connectivity index (χ1n) is 14.2. The molecule has 0 fully saturated rings. The molecule has 12 heteroatoms. The molecule has 0 aliphatic carbocycles. The Bertz CT molecular complexity index is 1720. The molecule has 3 aromatic carbocycles. The first-order chi connectivity index (χ1) is 21.4. The first-order valence-corrected chi connectivity index (χ1v) is 14.2. The summed E-state index contributed by atoms with van der Waals surface area (Å²) in [4.78, 5) is 49.2. The summed E-state index contributed by atoms with van der Waals surface area (Å²) in [6.07, 6.45) is -0.245. The fraction of sp³-hybridized carbons (Fsp3) is 0.273. The Morgan fingerprint density at radius 1 is 0.844 bits per heavy atom. The van der Waals surface area contributed by atoms with Gasteiger partial charge in [0.15, 0.2) is 0 Å². The number of hydrogen-bond donors (Lipinski definition) is 2. The summed E-state index contributed by atoms with van der Waals surface area (Å²) in [5.74, 6) is -0.635. The van der Waals surface area contributed by atoms with Crippen molar-refractivity contribution in [1.82, 2.24) is 19.7 Å². The molecule has 0 bridgehead atoms. The molecule has 2 N–H and O–H groups in total. The van der Waals surface area contributed by atoms with Crippen LogP contribution in [0.3, 0.4) is 0 Å². The first kappa shape index (κ1) is 32.4. The molecule has 234 valence electrons. The van der Waals surface area contributed by atoms with Crippen LogP contribution >= 0.6 is 0 Å². The maximum absolute atomic E-state index is 13.3. The van der Waals surface area contributed by atoms with Crippen LogP contribution in [0.1, 0.15) is 49.7 Å². The Kier molecular flexibility index (Phi) is 10.3.